The number of H-pyrrole nitrogens is 1. The lowest BCUT2D eigenvalue weighted by Gasteiger charge is -2.27. The normalized spacial score (nSPS) is 14.6. The highest BCUT2D eigenvalue weighted by Crippen LogP contribution is 2.14. The Labute approximate surface area is 179 Å². The number of benzene rings is 2. The van der Waals surface area contributed by atoms with E-state index < -0.39 is 5.69 Å². The molecule has 0 atom stereocenters. The summed E-state index contributed by atoms with van der Waals surface area (Å²) in [6.07, 6.45) is 0. The van der Waals surface area contributed by atoms with Crippen LogP contribution < -0.4 is 16.6 Å². The van der Waals surface area contributed by atoms with Gasteiger partial charge >= 0.3 is 5.69 Å². The summed E-state index contributed by atoms with van der Waals surface area (Å²) >= 11 is 0. The third-order valence-electron chi connectivity index (χ3n) is 5.62. The largest absolute Gasteiger partial charge is 0.379 e. The number of aromatic nitrogens is 2. The molecule has 1 amide bonds. The van der Waals surface area contributed by atoms with Crippen LogP contribution in [0.1, 0.15) is 28.4 Å². The summed E-state index contributed by atoms with van der Waals surface area (Å²) in [5.41, 5.74) is 2.15. The van der Waals surface area contributed by atoms with Gasteiger partial charge in [-0.2, -0.15) is 0 Å². The van der Waals surface area contributed by atoms with E-state index in [2.05, 4.69) is 21.3 Å². The predicted molar refractivity (Wildman–Crippen MR) is 118 cm³/mol. The van der Waals surface area contributed by atoms with Crippen molar-refractivity contribution in [2.45, 2.75) is 26.6 Å². The average molecular weight is 422 g/mol. The number of carbonyl (C=O) groups is 1. The van der Waals surface area contributed by atoms with Crippen LogP contribution in [0, 0.1) is 0 Å². The van der Waals surface area contributed by atoms with Gasteiger partial charge in [-0.05, 0) is 36.2 Å². The van der Waals surface area contributed by atoms with E-state index in [1.165, 1.54) is 5.56 Å². The van der Waals surface area contributed by atoms with Gasteiger partial charge in [0.25, 0.3) is 11.5 Å². The lowest BCUT2D eigenvalue weighted by atomic mass is 10.1. The maximum absolute atomic E-state index is 12.7. The second-order valence-corrected chi connectivity index (χ2v) is 7.58. The SMILES string of the molecule is CCn1c(=O)[nH]c2cc(C(=O)NCc3ccccc3CN3CCOCC3)ccc2c1=O. The van der Waals surface area contributed by atoms with Crippen molar-refractivity contribution in [1.29, 1.82) is 0 Å². The van der Waals surface area contributed by atoms with E-state index in [0.717, 1.165) is 43.0 Å². The molecular formula is C23H26N4O4. The summed E-state index contributed by atoms with van der Waals surface area (Å²) in [7, 11) is 0. The van der Waals surface area contributed by atoms with Crippen LogP contribution in [-0.4, -0.2) is 46.7 Å². The zero-order chi connectivity index (χ0) is 21.8. The Morgan fingerprint density at radius 1 is 1.10 bits per heavy atom. The molecule has 0 bridgehead atoms. The van der Waals surface area contributed by atoms with E-state index in [4.69, 9.17) is 4.74 Å². The second-order valence-electron chi connectivity index (χ2n) is 7.58. The van der Waals surface area contributed by atoms with Gasteiger partial charge in [0.1, 0.15) is 0 Å². The third kappa shape index (κ3) is 4.60. The molecule has 4 rings (SSSR count). The summed E-state index contributed by atoms with van der Waals surface area (Å²) in [5, 5.41) is 3.34. The minimum atomic E-state index is -0.477. The number of morpholine rings is 1. The van der Waals surface area contributed by atoms with Crippen molar-refractivity contribution < 1.29 is 9.53 Å². The summed E-state index contributed by atoms with van der Waals surface area (Å²) in [5.74, 6) is -0.261. The van der Waals surface area contributed by atoms with Crippen LogP contribution >= 0.6 is 0 Å². The van der Waals surface area contributed by atoms with Crippen molar-refractivity contribution in [3.8, 4) is 0 Å². The first kappa shape index (κ1) is 21.0. The molecular weight excluding hydrogens is 396 g/mol. The first-order valence-electron chi connectivity index (χ1n) is 10.5. The van der Waals surface area contributed by atoms with Gasteiger partial charge in [0, 0.05) is 38.3 Å². The topological polar surface area (TPSA) is 96.4 Å². The zero-order valence-corrected chi connectivity index (χ0v) is 17.5. The average Bonchev–Trinajstić information content (AvgIpc) is 2.79. The van der Waals surface area contributed by atoms with Gasteiger partial charge in [-0.3, -0.25) is 19.1 Å². The van der Waals surface area contributed by atoms with Crippen LogP contribution in [0.15, 0.2) is 52.1 Å². The maximum atomic E-state index is 12.7. The van der Waals surface area contributed by atoms with Crippen LogP contribution in [0.5, 0.6) is 0 Å². The van der Waals surface area contributed by atoms with Crippen molar-refractivity contribution in [1.82, 2.24) is 19.8 Å². The highest BCUT2D eigenvalue weighted by atomic mass is 16.5. The Kier molecular flexibility index (Phi) is 6.29. The fourth-order valence-corrected chi connectivity index (χ4v) is 3.84. The molecule has 0 spiro atoms. The second kappa shape index (κ2) is 9.28. The predicted octanol–water partition coefficient (Wildman–Crippen LogP) is 1.47. The molecule has 1 aliphatic heterocycles. The minimum absolute atomic E-state index is 0.261. The standard InChI is InChI=1S/C23H26N4O4/c1-2-27-22(29)19-8-7-16(13-20(19)25-23(27)30)21(28)24-14-17-5-3-4-6-18(17)15-26-9-11-31-12-10-26/h3-8,13H,2,9-12,14-15H2,1H3,(H,24,28)(H,25,30). The van der Waals surface area contributed by atoms with Gasteiger partial charge in [0.15, 0.2) is 0 Å². The summed E-state index contributed by atoms with van der Waals surface area (Å²) in [6, 6.07) is 12.8. The maximum Gasteiger partial charge on any atom is 0.328 e. The number of hydrogen-bond donors (Lipinski definition) is 2. The number of amides is 1. The van der Waals surface area contributed by atoms with Crippen molar-refractivity contribution in [2.24, 2.45) is 0 Å². The fraction of sp³-hybridized carbons (Fsp3) is 0.348. The Balaban J connectivity index is 1.50. The van der Waals surface area contributed by atoms with Gasteiger partial charge in [0.2, 0.25) is 0 Å². The smallest absolute Gasteiger partial charge is 0.328 e. The highest BCUT2D eigenvalue weighted by Gasteiger charge is 2.14. The van der Waals surface area contributed by atoms with E-state index in [9.17, 15) is 14.4 Å². The van der Waals surface area contributed by atoms with E-state index in [-0.39, 0.29) is 18.0 Å². The lowest BCUT2D eigenvalue weighted by molar-refractivity contribution is 0.0340. The number of rotatable bonds is 6. The van der Waals surface area contributed by atoms with Gasteiger partial charge in [-0.1, -0.05) is 24.3 Å². The lowest BCUT2D eigenvalue weighted by Crippen LogP contribution is -2.36. The quantitative estimate of drug-likeness (QED) is 0.627. The monoisotopic (exact) mass is 422 g/mol. The van der Waals surface area contributed by atoms with E-state index in [1.807, 2.05) is 18.2 Å². The molecule has 162 valence electrons. The Bertz CT molecular complexity index is 1210. The summed E-state index contributed by atoms with van der Waals surface area (Å²) < 4.78 is 6.54. The molecule has 2 aromatic carbocycles. The van der Waals surface area contributed by atoms with Crippen molar-refractivity contribution in [2.75, 3.05) is 26.3 Å². The number of hydrogen-bond acceptors (Lipinski definition) is 5. The Hall–Kier alpha value is -3.23. The fourth-order valence-electron chi connectivity index (χ4n) is 3.84. The minimum Gasteiger partial charge on any atom is -0.379 e. The van der Waals surface area contributed by atoms with Gasteiger partial charge in [-0.25, -0.2) is 4.79 Å². The first-order chi connectivity index (χ1) is 15.1. The molecule has 8 nitrogen and oxygen atoms in total. The van der Waals surface area contributed by atoms with Crippen molar-refractivity contribution in [3.05, 3.63) is 80.0 Å². The van der Waals surface area contributed by atoms with Crippen LogP contribution in [0.3, 0.4) is 0 Å². The molecule has 2 N–H and O–H groups in total. The van der Waals surface area contributed by atoms with E-state index in [0.29, 0.717) is 23.0 Å². The Morgan fingerprint density at radius 3 is 2.58 bits per heavy atom. The molecule has 31 heavy (non-hydrogen) atoms. The van der Waals surface area contributed by atoms with Crippen molar-refractivity contribution in [3.63, 3.8) is 0 Å². The van der Waals surface area contributed by atoms with Gasteiger partial charge < -0.3 is 15.0 Å². The van der Waals surface area contributed by atoms with Gasteiger partial charge in [0.05, 0.1) is 24.1 Å². The number of nitrogens with zero attached hydrogens (tertiary/aromatic N) is 2. The molecule has 0 aliphatic carbocycles. The number of aromatic amines is 1. The number of carbonyl (C=O) groups excluding carboxylic acids is 1. The first-order valence-corrected chi connectivity index (χ1v) is 10.5. The molecule has 1 aromatic heterocycles. The molecule has 1 fully saturated rings. The molecule has 2 heterocycles. The van der Waals surface area contributed by atoms with Crippen molar-refractivity contribution >= 4 is 16.8 Å². The molecule has 8 heteroatoms. The zero-order valence-electron chi connectivity index (χ0n) is 17.5. The van der Waals surface area contributed by atoms with Crippen LogP contribution in [0.25, 0.3) is 10.9 Å². The summed E-state index contributed by atoms with van der Waals surface area (Å²) in [6.45, 7) is 6.52. The van der Waals surface area contributed by atoms with Crippen LogP contribution in [0.2, 0.25) is 0 Å². The summed E-state index contributed by atoms with van der Waals surface area (Å²) in [4.78, 5) is 42.2. The van der Waals surface area contributed by atoms with E-state index >= 15 is 0 Å². The van der Waals surface area contributed by atoms with E-state index in [1.54, 1.807) is 25.1 Å². The Morgan fingerprint density at radius 2 is 1.84 bits per heavy atom. The molecule has 0 radical (unpaired) electrons. The van der Waals surface area contributed by atoms with Gasteiger partial charge in [-0.15, -0.1) is 0 Å². The number of ether oxygens (including phenoxy) is 1. The van der Waals surface area contributed by atoms with Crippen LogP contribution in [-0.2, 0) is 24.4 Å². The van der Waals surface area contributed by atoms with Crippen LogP contribution in [0.4, 0.5) is 0 Å². The molecule has 0 unspecified atom stereocenters. The molecule has 0 saturated carbocycles. The number of fused-ring (bicyclic) bond motifs is 1. The molecule has 3 aromatic rings. The molecule has 1 saturated heterocycles. The third-order valence-corrected chi connectivity index (χ3v) is 5.62. The highest BCUT2D eigenvalue weighted by molar-refractivity contribution is 5.97. The molecule has 1 aliphatic rings. The number of nitrogens with one attached hydrogen (secondary N) is 2.